The third-order valence-corrected chi connectivity index (χ3v) is 2.99. The van der Waals surface area contributed by atoms with Crippen molar-refractivity contribution in [3.05, 3.63) is 35.9 Å². The number of hydrogen-bond donors (Lipinski definition) is 1. The smallest absolute Gasteiger partial charge is 0.0238 e. The molecular formula is C14H22ClN. The summed E-state index contributed by atoms with van der Waals surface area (Å²) in [5.41, 5.74) is 1.44. The molecule has 1 nitrogen and oxygen atoms in total. The molecule has 0 aliphatic heterocycles. The number of halogens is 1. The van der Waals surface area contributed by atoms with Crippen LogP contribution in [-0.4, -0.2) is 18.5 Å². The SMILES string of the molecule is CC(CCCl)NCCCCc1ccccc1. The van der Waals surface area contributed by atoms with E-state index in [0.717, 1.165) is 18.8 Å². The molecule has 0 bridgehead atoms. The summed E-state index contributed by atoms with van der Waals surface area (Å²) in [6.07, 6.45) is 4.73. The average Bonchev–Trinajstić information content (AvgIpc) is 2.30. The van der Waals surface area contributed by atoms with Crippen LogP contribution < -0.4 is 5.32 Å². The lowest BCUT2D eigenvalue weighted by molar-refractivity contribution is 0.518. The highest BCUT2D eigenvalue weighted by Gasteiger charge is 1.98. The number of alkyl halides is 1. The molecule has 0 spiro atoms. The molecule has 1 rings (SSSR count). The Morgan fingerprint density at radius 1 is 1.19 bits per heavy atom. The van der Waals surface area contributed by atoms with Gasteiger partial charge in [-0.1, -0.05) is 30.3 Å². The number of unbranched alkanes of at least 4 members (excludes halogenated alkanes) is 1. The fourth-order valence-corrected chi connectivity index (χ4v) is 2.04. The van der Waals surface area contributed by atoms with E-state index in [9.17, 15) is 0 Å². The van der Waals surface area contributed by atoms with Crippen molar-refractivity contribution >= 4 is 11.6 Å². The molecular weight excluding hydrogens is 218 g/mol. The molecule has 0 saturated carbocycles. The van der Waals surface area contributed by atoms with Crippen molar-refractivity contribution in [2.24, 2.45) is 0 Å². The Labute approximate surface area is 104 Å². The van der Waals surface area contributed by atoms with Crippen LogP contribution in [0.15, 0.2) is 30.3 Å². The van der Waals surface area contributed by atoms with E-state index in [2.05, 4.69) is 42.6 Å². The number of hydrogen-bond acceptors (Lipinski definition) is 1. The Bertz CT molecular complexity index is 261. The van der Waals surface area contributed by atoms with Crippen molar-refractivity contribution in [2.75, 3.05) is 12.4 Å². The molecule has 0 aliphatic rings. The maximum Gasteiger partial charge on any atom is 0.0238 e. The Morgan fingerprint density at radius 2 is 1.94 bits per heavy atom. The molecule has 0 saturated heterocycles. The van der Waals surface area contributed by atoms with Crippen LogP contribution in [0, 0.1) is 0 Å². The van der Waals surface area contributed by atoms with E-state index in [1.807, 2.05) is 0 Å². The van der Waals surface area contributed by atoms with Crippen molar-refractivity contribution < 1.29 is 0 Å². The third kappa shape index (κ3) is 6.14. The first kappa shape index (κ1) is 13.5. The van der Waals surface area contributed by atoms with Gasteiger partial charge in [0, 0.05) is 11.9 Å². The molecule has 1 aromatic carbocycles. The van der Waals surface area contributed by atoms with Gasteiger partial charge in [-0.3, -0.25) is 0 Å². The second kappa shape index (κ2) is 8.60. The fraction of sp³-hybridized carbons (Fsp3) is 0.571. The summed E-state index contributed by atoms with van der Waals surface area (Å²) in [6, 6.07) is 11.2. The summed E-state index contributed by atoms with van der Waals surface area (Å²) in [4.78, 5) is 0. The minimum Gasteiger partial charge on any atom is -0.314 e. The molecule has 16 heavy (non-hydrogen) atoms. The van der Waals surface area contributed by atoms with Crippen LogP contribution in [0.3, 0.4) is 0 Å². The van der Waals surface area contributed by atoms with E-state index >= 15 is 0 Å². The largest absolute Gasteiger partial charge is 0.314 e. The summed E-state index contributed by atoms with van der Waals surface area (Å²) in [6.45, 7) is 3.30. The standard InChI is InChI=1S/C14H22ClN/c1-13(10-11-15)16-12-6-5-9-14-7-3-2-4-8-14/h2-4,7-8,13,16H,5-6,9-12H2,1H3. The predicted molar refractivity (Wildman–Crippen MR) is 72.2 cm³/mol. The van der Waals surface area contributed by atoms with Crippen molar-refractivity contribution in [3.8, 4) is 0 Å². The van der Waals surface area contributed by atoms with Crippen LogP contribution in [0.4, 0.5) is 0 Å². The Morgan fingerprint density at radius 3 is 2.62 bits per heavy atom. The van der Waals surface area contributed by atoms with Gasteiger partial charge in [0.15, 0.2) is 0 Å². The van der Waals surface area contributed by atoms with Crippen LogP contribution in [0.1, 0.15) is 31.7 Å². The summed E-state index contributed by atoms with van der Waals surface area (Å²) in [5.74, 6) is 0.748. The van der Waals surface area contributed by atoms with Gasteiger partial charge in [0.1, 0.15) is 0 Å². The Kier molecular flexibility index (Phi) is 7.28. The van der Waals surface area contributed by atoms with Crippen LogP contribution in [-0.2, 0) is 6.42 Å². The Balaban J connectivity index is 2.00. The minimum atomic E-state index is 0.550. The van der Waals surface area contributed by atoms with Gasteiger partial charge in [-0.05, 0) is 44.7 Å². The number of rotatable bonds is 8. The molecule has 2 heteroatoms. The van der Waals surface area contributed by atoms with Gasteiger partial charge in [-0.2, -0.15) is 0 Å². The normalized spacial score (nSPS) is 12.6. The van der Waals surface area contributed by atoms with Gasteiger partial charge < -0.3 is 5.32 Å². The topological polar surface area (TPSA) is 12.0 Å². The molecule has 1 atom stereocenters. The Hall–Kier alpha value is -0.530. The lowest BCUT2D eigenvalue weighted by Gasteiger charge is -2.11. The molecule has 0 heterocycles. The second-order valence-corrected chi connectivity index (χ2v) is 4.65. The predicted octanol–water partition coefficient (Wildman–Crippen LogP) is 3.62. The highest BCUT2D eigenvalue weighted by Crippen LogP contribution is 2.04. The summed E-state index contributed by atoms with van der Waals surface area (Å²) in [7, 11) is 0. The van der Waals surface area contributed by atoms with E-state index in [-0.39, 0.29) is 0 Å². The molecule has 0 fully saturated rings. The quantitative estimate of drug-likeness (QED) is 0.540. The van der Waals surface area contributed by atoms with Gasteiger partial charge in [0.2, 0.25) is 0 Å². The minimum absolute atomic E-state index is 0.550. The van der Waals surface area contributed by atoms with Gasteiger partial charge in [-0.25, -0.2) is 0 Å². The van der Waals surface area contributed by atoms with Crippen LogP contribution in [0.2, 0.25) is 0 Å². The molecule has 0 aliphatic carbocycles. The first-order chi connectivity index (χ1) is 7.83. The van der Waals surface area contributed by atoms with Crippen molar-refractivity contribution in [2.45, 2.75) is 38.6 Å². The first-order valence-electron chi connectivity index (χ1n) is 6.16. The zero-order valence-electron chi connectivity index (χ0n) is 10.1. The van der Waals surface area contributed by atoms with Gasteiger partial charge in [0.05, 0.1) is 0 Å². The van der Waals surface area contributed by atoms with Gasteiger partial charge in [0.25, 0.3) is 0 Å². The summed E-state index contributed by atoms with van der Waals surface area (Å²) >= 11 is 5.68. The maximum atomic E-state index is 5.68. The van der Waals surface area contributed by atoms with Gasteiger partial charge >= 0.3 is 0 Å². The number of benzene rings is 1. The van der Waals surface area contributed by atoms with E-state index in [4.69, 9.17) is 11.6 Å². The number of nitrogens with one attached hydrogen (secondary N) is 1. The second-order valence-electron chi connectivity index (χ2n) is 4.28. The van der Waals surface area contributed by atoms with Crippen molar-refractivity contribution in [1.82, 2.24) is 5.32 Å². The molecule has 0 aromatic heterocycles. The highest BCUT2D eigenvalue weighted by molar-refractivity contribution is 6.17. The summed E-state index contributed by atoms with van der Waals surface area (Å²) in [5, 5.41) is 3.49. The van der Waals surface area contributed by atoms with Crippen LogP contribution in [0.25, 0.3) is 0 Å². The van der Waals surface area contributed by atoms with E-state index < -0.39 is 0 Å². The van der Waals surface area contributed by atoms with E-state index in [1.165, 1.54) is 24.8 Å². The molecule has 0 amide bonds. The molecule has 1 aromatic rings. The zero-order chi connectivity index (χ0) is 11.6. The first-order valence-corrected chi connectivity index (χ1v) is 6.69. The average molecular weight is 240 g/mol. The molecule has 1 unspecified atom stereocenters. The van der Waals surface area contributed by atoms with E-state index in [0.29, 0.717) is 6.04 Å². The fourth-order valence-electron chi connectivity index (χ4n) is 1.71. The maximum absolute atomic E-state index is 5.68. The monoisotopic (exact) mass is 239 g/mol. The number of aryl methyl sites for hydroxylation is 1. The van der Waals surface area contributed by atoms with Gasteiger partial charge in [-0.15, -0.1) is 11.6 Å². The zero-order valence-corrected chi connectivity index (χ0v) is 10.8. The van der Waals surface area contributed by atoms with Crippen LogP contribution >= 0.6 is 11.6 Å². The summed E-state index contributed by atoms with van der Waals surface area (Å²) < 4.78 is 0. The lowest BCUT2D eigenvalue weighted by atomic mass is 10.1. The third-order valence-electron chi connectivity index (χ3n) is 2.77. The molecule has 0 radical (unpaired) electrons. The van der Waals surface area contributed by atoms with E-state index in [1.54, 1.807) is 0 Å². The molecule has 1 N–H and O–H groups in total. The molecule has 90 valence electrons. The van der Waals surface area contributed by atoms with Crippen LogP contribution in [0.5, 0.6) is 0 Å². The highest BCUT2D eigenvalue weighted by atomic mass is 35.5. The van der Waals surface area contributed by atoms with Crippen molar-refractivity contribution in [3.63, 3.8) is 0 Å². The van der Waals surface area contributed by atoms with Crippen molar-refractivity contribution in [1.29, 1.82) is 0 Å². The lowest BCUT2D eigenvalue weighted by Crippen LogP contribution is -2.27.